The monoisotopic (exact) mass is 414 g/mol. The molecule has 28 heavy (non-hydrogen) atoms. The largest absolute Gasteiger partial charge is 0.481 e. The first-order valence-electron chi connectivity index (χ1n) is 9.58. The molecule has 3 aromatic rings. The van der Waals surface area contributed by atoms with Crippen molar-refractivity contribution in [3.63, 3.8) is 0 Å². The lowest BCUT2D eigenvalue weighted by Crippen LogP contribution is -2.23. The van der Waals surface area contributed by atoms with Crippen LogP contribution in [0.15, 0.2) is 47.2 Å². The number of thiazole rings is 1. The SMILES string of the molecule is CC(C)c1ccc(-c2csc(N(CCCCC(=O)O)Cc3cccs3)n2)cc1. The second kappa shape index (κ2) is 9.85. The molecule has 0 unspecified atom stereocenters. The van der Waals surface area contributed by atoms with E-state index in [9.17, 15) is 4.79 Å². The van der Waals surface area contributed by atoms with Crippen molar-refractivity contribution < 1.29 is 9.90 Å². The number of carbonyl (C=O) groups is 1. The van der Waals surface area contributed by atoms with Crippen LogP contribution in [-0.2, 0) is 11.3 Å². The molecule has 0 atom stereocenters. The van der Waals surface area contributed by atoms with E-state index in [0.29, 0.717) is 12.3 Å². The molecule has 148 valence electrons. The Morgan fingerprint density at radius 3 is 2.57 bits per heavy atom. The third kappa shape index (κ3) is 5.66. The molecular formula is C22H26N2O2S2. The normalized spacial score (nSPS) is 11.1. The quantitative estimate of drug-likeness (QED) is 0.398. The van der Waals surface area contributed by atoms with Gasteiger partial charge in [-0.3, -0.25) is 4.79 Å². The lowest BCUT2D eigenvalue weighted by atomic mass is 10.0. The second-order valence-corrected chi connectivity index (χ2v) is 9.01. The van der Waals surface area contributed by atoms with Crippen LogP contribution in [0.1, 0.15) is 49.5 Å². The van der Waals surface area contributed by atoms with Gasteiger partial charge < -0.3 is 10.0 Å². The maximum absolute atomic E-state index is 10.8. The van der Waals surface area contributed by atoms with Crippen molar-refractivity contribution in [3.05, 3.63) is 57.6 Å². The third-order valence-electron chi connectivity index (χ3n) is 4.63. The number of benzene rings is 1. The molecule has 4 nitrogen and oxygen atoms in total. The second-order valence-electron chi connectivity index (χ2n) is 7.14. The van der Waals surface area contributed by atoms with E-state index in [-0.39, 0.29) is 6.42 Å². The number of rotatable bonds is 10. The van der Waals surface area contributed by atoms with E-state index in [2.05, 4.69) is 65.9 Å². The zero-order chi connectivity index (χ0) is 19.9. The zero-order valence-corrected chi connectivity index (χ0v) is 17.9. The van der Waals surface area contributed by atoms with Gasteiger partial charge in [0.15, 0.2) is 5.13 Å². The molecule has 0 radical (unpaired) electrons. The van der Waals surface area contributed by atoms with Gasteiger partial charge in [0, 0.05) is 28.8 Å². The van der Waals surface area contributed by atoms with E-state index in [1.807, 2.05) is 0 Å². The molecule has 2 aromatic heterocycles. The molecule has 0 aliphatic heterocycles. The van der Waals surface area contributed by atoms with Gasteiger partial charge in [-0.25, -0.2) is 4.98 Å². The van der Waals surface area contributed by atoms with Crippen LogP contribution in [-0.4, -0.2) is 22.6 Å². The van der Waals surface area contributed by atoms with Crippen molar-refractivity contribution in [3.8, 4) is 11.3 Å². The predicted molar refractivity (Wildman–Crippen MR) is 118 cm³/mol. The average molecular weight is 415 g/mol. The summed E-state index contributed by atoms with van der Waals surface area (Å²) < 4.78 is 0. The number of carboxylic acids is 1. The molecule has 3 rings (SSSR count). The first-order valence-corrected chi connectivity index (χ1v) is 11.3. The predicted octanol–water partition coefficient (Wildman–Crippen LogP) is 6.26. The van der Waals surface area contributed by atoms with Crippen molar-refractivity contribution in [1.82, 2.24) is 4.98 Å². The lowest BCUT2D eigenvalue weighted by molar-refractivity contribution is -0.137. The van der Waals surface area contributed by atoms with E-state index < -0.39 is 5.97 Å². The van der Waals surface area contributed by atoms with Crippen molar-refractivity contribution >= 4 is 33.8 Å². The summed E-state index contributed by atoms with van der Waals surface area (Å²) in [5.74, 6) is -0.210. The summed E-state index contributed by atoms with van der Waals surface area (Å²) in [5, 5.41) is 14.1. The molecular weight excluding hydrogens is 388 g/mol. The Morgan fingerprint density at radius 1 is 1.14 bits per heavy atom. The van der Waals surface area contributed by atoms with Crippen molar-refractivity contribution in [1.29, 1.82) is 0 Å². The highest BCUT2D eigenvalue weighted by molar-refractivity contribution is 7.14. The van der Waals surface area contributed by atoms with Crippen LogP contribution in [0, 0.1) is 0 Å². The Hall–Kier alpha value is -2.18. The van der Waals surface area contributed by atoms with E-state index in [1.54, 1.807) is 22.7 Å². The first-order chi connectivity index (χ1) is 13.5. The maximum atomic E-state index is 10.8. The zero-order valence-electron chi connectivity index (χ0n) is 16.3. The fourth-order valence-corrected chi connectivity index (χ4v) is 4.57. The molecule has 2 heterocycles. The molecule has 1 aromatic carbocycles. The van der Waals surface area contributed by atoms with Gasteiger partial charge in [-0.1, -0.05) is 44.2 Å². The molecule has 0 saturated carbocycles. The van der Waals surface area contributed by atoms with Gasteiger partial charge >= 0.3 is 5.97 Å². The van der Waals surface area contributed by atoms with Crippen LogP contribution in [0.5, 0.6) is 0 Å². The van der Waals surface area contributed by atoms with E-state index >= 15 is 0 Å². The van der Waals surface area contributed by atoms with Crippen LogP contribution in [0.4, 0.5) is 5.13 Å². The highest BCUT2D eigenvalue weighted by atomic mass is 32.1. The minimum Gasteiger partial charge on any atom is -0.481 e. The van der Waals surface area contributed by atoms with Crippen molar-refractivity contribution in [2.45, 2.75) is 45.6 Å². The van der Waals surface area contributed by atoms with E-state index in [4.69, 9.17) is 10.1 Å². The van der Waals surface area contributed by atoms with Crippen LogP contribution >= 0.6 is 22.7 Å². The summed E-state index contributed by atoms with van der Waals surface area (Å²) >= 11 is 3.39. The molecule has 0 aliphatic rings. The summed E-state index contributed by atoms with van der Waals surface area (Å²) in [5.41, 5.74) is 3.46. The molecule has 6 heteroatoms. The lowest BCUT2D eigenvalue weighted by Gasteiger charge is -2.21. The average Bonchev–Trinajstić information content (AvgIpc) is 3.36. The summed E-state index contributed by atoms with van der Waals surface area (Å²) in [6.45, 7) is 6.01. The van der Waals surface area contributed by atoms with Gasteiger partial charge in [0.05, 0.1) is 12.2 Å². The van der Waals surface area contributed by atoms with Gasteiger partial charge in [-0.05, 0) is 35.8 Å². The van der Waals surface area contributed by atoms with Crippen LogP contribution < -0.4 is 4.90 Å². The third-order valence-corrected chi connectivity index (χ3v) is 6.39. The van der Waals surface area contributed by atoms with Gasteiger partial charge in [-0.15, -0.1) is 22.7 Å². The number of hydrogen-bond acceptors (Lipinski definition) is 5. The number of nitrogens with zero attached hydrogens (tertiary/aromatic N) is 2. The summed E-state index contributed by atoms with van der Waals surface area (Å²) in [7, 11) is 0. The van der Waals surface area contributed by atoms with Gasteiger partial charge in [0.1, 0.15) is 0 Å². The fourth-order valence-electron chi connectivity index (χ4n) is 2.99. The minimum atomic E-state index is -0.730. The van der Waals surface area contributed by atoms with Crippen LogP contribution in [0.2, 0.25) is 0 Å². The number of carboxylic acid groups (broad SMARTS) is 1. The molecule has 0 bridgehead atoms. The van der Waals surface area contributed by atoms with Crippen LogP contribution in [0.25, 0.3) is 11.3 Å². The fraction of sp³-hybridized carbons (Fsp3) is 0.364. The molecule has 0 saturated heterocycles. The highest BCUT2D eigenvalue weighted by Gasteiger charge is 2.14. The maximum Gasteiger partial charge on any atom is 0.303 e. The summed E-state index contributed by atoms with van der Waals surface area (Å²) in [6, 6.07) is 12.8. The van der Waals surface area contributed by atoms with Crippen LogP contribution in [0.3, 0.4) is 0 Å². The topological polar surface area (TPSA) is 53.4 Å². The Bertz CT molecular complexity index is 870. The summed E-state index contributed by atoms with van der Waals surface area (Å²) in [6.07, 6.45) is 1.75. The Morgan fingerprint density at radius 2 is 1.93 bits per heavy atom. The number of unbranched alkanes of at least 4 members (excludes halogenated alkanes) is 1. The van der Waals surface area contributed by atoms with Crippen molar-refractivity contribution in [2.24, 2.45) is 0 Å². The summed E-state index contributed by atoms with van der Waals surface area (Å²) in [4.78, 5) is 19.2. The molecule has 0 aliphatic carbocycles. The molecule has 1 N–H and O–H groups in total. The molecule has 0 amide bonds. The highest BCUT2D eigenvalue weighted by Crippen LogP contribution is 2.30. The van der Waals surface area contributed by atoms with Crippen molar-refractivity contribution in [2.75, 3.05) is 11.4 Å². The number of aromatic nitrogens is 1. The van der Waals surface area contributed by atoms with Gasteiger partial charge in [0.2, 0.25) is 0 Å². The van der Waals surface area contributed by atoms with Gasteiger partial charge in [0.25, 0.3) is 0 Å². The van der Waals surface area contributed by atoms with E-state index in [1.165, 1.54) is 10.4 Å². The Kier molecular flexibility index (Phi) is 7.23. The Labute approximate surface area is 174 Å². The number of thiophene rings is 1. The molecule has 0 spiro atoms. The molecule has 0 fully saturated rings. The van der Waals surface area contributed by atoms with E-state index in [0.717, 1.165) is 35.9 Å². The number of anilines is 1. The first kappa shape index (κ1) is 20.6. The number of aliphatic carboxylic acids is 1. The number of hydrogen-bond donors (Lipinski definition) is 1. The smallest absolute Gasteiger partial charge is 0.303 e. The van der Waals surface area contributed by atoms with Gasteiger partial charge in [-0.2, -0.15) is 0 Å². The Balaban J connectivity index is 1.73. The standard InChI is InChI=1S/C22H26N2O2S2/c1-16(2)17-8-10-18(11-9-17)20-15-28-22(23-20)24(12-4-3-7-21(25)26)14-19-6-5-13-27-19/h5-6,8-11,13,15-16H,3-4,7,12,14H2,1-2H3,(H,25,26). The minimum absolute atomic E-state index is 0.220.